The molecule has 0 N–H and O–H groups in total. The van der Waals surface area contributed by atoms with Crippen LogP contribution in [0.15, 0.2) is 354 Å². The van der Waals surface area contributed by atoms with E-state index in [2.05, 4.69) is 269 Å². The molecule has 16 nitrogen and oxygen atoms in total. The highest BCUT2D eigenvalue weighted by Gasteiger charge is 2.41. The van der Waals surface area contributed by atoms with E-state index >= 15 is 0 Å². The molecule has 0 radical (unpaired) electrons. The number of anilines is 18. The van der Waals surface area contributed by atoms with Gasteiger partial charge in [0.15, 0.2) is 0 Å². The minimum Gasteiger partial charge on any atom is -0.310 e. The number of hydrogen-bond donors (Lipinski definition) is 0. The second kappa shape index (κ2) is 29.5. The van der Waals surface area contributed by atoms with Crippen molar-refractivity contribution in [2.45, 2.75) is 52.4 Å². The fourth-order valence-corrected chi connectivity index (χ4v) is 15.3. The van der Waals surface area contributed by atoms with E-state index in [1.807, 2.05) is 184 Å². The Labute approximate surface area is 640 Å². The van der Waals surface area contributed by atoms with Crippen molar-refractivity contribution < 1.29 is 0 Å². The smallest absolute Gasteiger partial charge is 0.0706 e. The number of pyridine rings is 10. The standard InChI is InChI=1S/2C47H38N8/c1-33-44(18-15-43(52-33)34-9-5-4-6-10-34)55-45-16-13-37(53(35-19-25-48-26-20-35)39-11-7-23-50-31-39)29-41(45)47(2,3)42-30-38(14-17-46(42)55)54(36-21-27-49-28-22-36)40-12-8-24-51-32-40;1-33-44(14-11-43(52-33)34-7-5-4-6-8-34)55-45-12-9-39(53(35-15-23-48-24-16-35)36-17-25-49-26-18-36)31-41(45)47(2,3)42-32-40(10-13-46(42)55)54(37-19-27-50-28-20-37)38-21-29-51-30-22-38/h2*4-32H,1-3H3. The van der Waals surface area contributed by atoms with Gasteiger partial charge in [0.1, 0.15) is 0 Å². The first-order valence-corrected chi connectivity index (χ1v) is 36.6. The molecule has 12 heterocycles. The van der Waals surface area contributed by atoms with Gasteiger partial charge in [-0.3, -0.25) is 49.8 Å². The highest BCUT2D eigenvalue weighted by Crippen LogP contribution is 2.58. The van der Waals surface area contributed by atoms with E-state index in [1.54, 1.807) is 12.4 Å². The first kappa shape index (κ1) is 68.7. The lowest BCUT2D eigenvalue weighted by molar-refractivity contribution is 0.631. The van der Waals surface area contributed by atoms with Gasteiger partial charge in [0.2, 0.25) is 0 Å². The molecule has 0 bridgehead atoms. The lowest BCUT2D eigenvalue weighted by Crippen LogP contribution is -2.31. The van der Waals surface area contributed by atoms with Crippen molar-refractivity contribution in [3.8, 4) is 22.5 Å². The first-order valence-electron chi connectivity index (χ1n) is 36.6. The van der Waals surface area contributed by atoms with E-state index in [1.165, 1.54) is 22.3 Å². The van der Waals surface area contributed by atoms with Crippen LogP contribution in [-0.4, -0.2) is 49.8 Å². The van der Waals surface area contributed by atoms with E-state index in [0.29, 0.717) is 0 Å². The molecule has 6 aromatic carbocycles. The summed E-state index contributed by atoms with van der Waals surface area (Å²) in [5, 5.41) is 0. The second-order valence-electron chi connectivity index (χ2n) is 28.1. The van der Waals surface area contributed by atoms with Crippen LogP contribution in [0.4, 0.5) is 102 Å². The topological polar surface area (TPSA) is 148 Å². The van der Waals surface area contributed by atoms with Gasteiger partial charge in [-0.15, -0.1) is 0 Å². The van der Waals surface area contributed by atoms with Crippen molar-refractivity contribution in [3.05, 3.63) is 388 Å². The third-order valence-corrected chi connectivity index (χ3v) is 20.7. The third-order valence-electron chi connectivity index (χ3n) is 20.7. The van der Waals surface area contributed by atoms with Gasteiger partial charge in [0.05, 0.1) is 80.7 Å². The van der Waals surface area contributed by atoms with Crippen molar-refractivity contribution in [1.29, 1.82) is 0 Å². The Balaban J connectivity index is 0.000000160. The molecule has 2 aliphatic heterocycles. The zero-order chi connectivity index (χ0) is 74.7. The van der Waals surface area contributed by atoms with Gasteiger partial charge in [0.25, 0.3) is 0 Å². The second-order valence-corrected chi connectivity index (χ2v) is 28.1. The molecule has 10 aromatic heterocycles. The fourth-order valence-electron chi connectivity index (χ4n) is 15.3. The first-order chi connectivity index (χ1) is 53.9. The van der Waals surface area contributed by atoms with Crippen LogP contribution in [0, 0.1) is 13.8 Å². The van der Waals surface area contributed by atoms with E-state index < -0.39 is 10.8 Å². The SMILES string of the molecule is Cc1nc(-c2ccccc2)ccc1N1c2ccc(N(c3ccncc3)c3cccnc3)cc2C(C)(C)c2cc(N(c3ccncc3)c3cccnc3)ccc21.Cc1nc(-c2ccccc2)ccc1N1c2ccc(N(c3ccncc3)c3ccncc3)cc2C(C)(C)c2cc(N(c3ccncc3)c3ccncc3)ccc21. The number of aryl methyl sites for hydroxylation is 2. The summed E-state index contributed by atoms with van der Waals surface area (Å²) in [6, 6.07) is 89.0. The molecule has 16 heteroatoms. The van der Waals surface area contributed by atoms with Crippen LogP contribution in [0.25, 0.3) is 22.5 Å². The molecule has 0 amide bonds. The fraction of sp³-hybridized carbons (Fsp3) is 0.0851. The predicted octanol–water partition coefficient (Wildman–Crippen LogP) is 23.4. The number of fused-ring (bicyclic) bond motifs is 4. The van der Waals surface area contributed by atoms with Crippen LogP contribution in [0.1, 0.15) is 61.3 Å². The lowest BCUT2D eigenvalue weighted by Gasteiger charge is -2.43. The molecule has 0 unspecified atom stereocenters. The van der Waals surface area contributed by atoms with E-state index in [4.69, 9.17) is 9.97 Å². The molecular weight excluding hydrogens is 1350 g/mol. The summed E-state index contributed by atoms with van der Waals surface area (Å²) >= 11 is 0. The van der Waals surface area contributed by atoms with E-state index in [9.17, 15) is 0 Å². The predicted molar refractivity (Wildman–Crippen MR) is 444 cm³/mol. The summed E-state index contributed by atoms with van der Waals surface area (Å²) in [5.41, 5.74) is 28.4. The van der Waals surface area contributed by atoms with Crippen LogP contribution in [-0.2, 0) is 10.8 Å². The molecule has 2 aliphatic rings. The molecule has 0 spiro atoms. The summed E-state index contributed by atoms with van der Waals surface area (Å²) in [7, 11) is 0. The largest absolute Gasteiger partial charge is 0.310 e. The van der Waals surface area contributed by atoms with Crippen molar-refractivity contribution >= 4 is 102 Å². The minimum absolute atomic E-state index is 0.414. The third kappa shape index (κ3) is 13.1. The van der Waals surface area contributed by atoms with Crippen molar-refractivity contribution in [3.63, 3.8) is 0 Å². The number of aromatic nitrogens is 10. The Morgan fingerprint density at radius 3 is 0.727 bits per heavy atom. The molecule has 18 rings (SSSR count). The van der Waals surface area contributed by atoms with E-state index in [-0.39, 0.29) is 0 Å². The van der Waals surface area contributed by atoms with Crippen molar-refractivity contribution in [1.82, 2.24) is 49.8 Å². The highest BCUT2D eigenvalue weighted by atomic mass is 15.2. The van der Waals surface area contributed by atoms with Crippen LogP contribution in [0.2, 0.25) is 0 Å². The van der Waals surface area contributed by atoms with Crippen LogP contribution in [0.3, 0.4) is 0 Å². The Kier molecular flexibility index (Phi) is 18.4. The van der Waals surface area contributed by atoms with Gasteiger partial charge in [-0.25, -0.2) is 0 Å². The number of rotatable bonds is 16. The summed E-state index contributed by atoms with van der Waals surface area (Å²) < 4.78 is 0. The van der Waals surface area contributed by atoms with Crippen molar-refractivity contribution in [2.24, 2.45) is 0 Å². The van der Waals surface area contributed by atoms with Gasteiger partial charge in [-0.2, -0.15) is 0 Å². The Hall–Kier alpha value is -14.4. The molecule has 16 aromatic rings. The maximum Gasteiger partial charge on any atom is 0.0706 e. The molecule has 0 aliphatic carbocycles. The average molecular weight is 1430 g/mol. The molecule has 110 heavy (non-hydrogen) atoms. The van der Waals surface area contributed by atoms with Gasteiger partial charge in [0, 0.05) is 166 Å². The van der Waals surface area contributed by atoms with Gasteiger partial charge in [-0.1, -0.05) is 88.4 Å². The Bertz CT molecular complexity index is 5100. The molecule has 0 fully saturated rings. The molecule has 0 atom stereocenters. The highest BCUT2D eigenvalue weighted by molar-refractivity contribution is 5.94. The molecule has 0 saturated heterocycles. The summed E-state index contributed by atoms with van der Waals surface area (Å²) in [6.45, 7) is 13.5. The molecule has 532 valence electrons. The quantitative estimate of drug-likeness (QED) is 0.0902. The average Bonchev–Trinajstić information content (AvgIpc) is 0.719. The normalized spacial score (nSPS) is 12.7. The zero-order valence-corrected chi connectivity index (χ0v) is 61.6. The zero-order valence-electron chi connectivity index (χ0n) is 61.6. The van der Waals surface area contributed by atoms with Gasteiger partial charge >= 0.3 is 0 Å². The molecular formula is C94H76N16. The number of hydrogen-bond acceptors (Lipinski definition) is 16. The number of benzene rings is 6. The van der Waals surface area contributed by atoms with E-state index in [0.717, 1.165) is 136 Å². The summed E-state index contributed by atoms with van der Waals surface area (Å²) in [4.78, 5) is 58.9. The lowest BCUT2D eigenvalue weighted by atomic mass is 9.73. The maximum absolute atomic E-state index is 5.17. The van der Waals surface area contributed by atoms with Crippen LogP contribution < -0.4 is 29.4 Å². The Morgan fingerprint density at radius 2 is 0.482 bits per heavy atom. The van der Waals surface area contributed by atoms with Crippen molar-refractivity contribution in [2.75, 3.05) is 29.4 Å². The van der Waals surface area contributed by atoms with Crippen LogP contribution in [0.5, 0.6) is 0 Å². The van der Waals surface area contributed by atoms with Crippen LogP contribution >= 0.6 is 0 Å². The maximum atomic E-state index is 5.17. The minimum atomic E-state index is -0.420. The number of nitrogens with zero attached hydrogens (tertiary/aromatic N) is 16. The van der Waals surface area contributed by atoms with Gasteiger partial charge in [-0.05, 0) is 230 Å². The summed E-state index contributed by atoms with van der Waals surface area (Å²) in [6.07, 6.45) is 29.3. The Morgan fingerprint density at radius 1 is 0.227 bits per heavy atom. The van der Waals surface area contributed by atoms with Gasteiger partial charge < -0.3 is 29.4 Å². The monoisotopic (exact) mass is 1430 g/mol. The molecule has 0 saturated carbocycles. The summed E-state index contributed by atoms with van der Waals surface area (Å²) in [5.74, 6) is 0.